The van der Waals surface area contributed by atoms with E-state index in [4.69, 9.17) is 0 Å². The highest BCUT2D eigenvalue weighted by Crippen LogP contribution is 2.38. The summed E-state index contributed by atoms with van der Waals surface area (Å²) in [7, 11) is 5.81. The number of rotatable bonds is 7. The van der Waals surface area contributed by atoms with E-state index in [0.29, 0.717) is 41.2 Å². The summed E-state index contributed by atoms with van der Waals surface area (Å²) in [4.78, 5) is 47.5. The number of H-pyrrole nitrogens is 1. The Kier molecular flexibility index (Phi) is 5.32. The standard InChI is InChI=1S/C23H24N4O3/c1-24-10-8-14-20-17(29)6-7-18(30)23(20)26-21(14)15-4-5-16(28)19-13(9-11-27(2)3)12-25-22(15)19/h4-7,12,24,26H,8-11H2,1-3H3. The number of ketones is 3. The molecule has 0 fully saturated rings. The van der Waals surface area contributed by atoms with Crippen LogP contribution in [0.25, 0.3) is 5.57 Å². The summed E-state index contributed by atoms with van der Waals surface area (Å²) < 4.78 is 0. The molecule has 0 bridgehead atoms. The van der Waals surface area contributed by atoms with Crippen LogP contribution in [0.5, 0.6) is 0 Å². The smallest absolute Gasteiger partial charge is 0.202 e. The molecule has 0 saturated carbocycles. The lowest BCUT2D eigenvalue weighted by Crippen LogP contribution is -2.16. The third-order valence-electron chi connectivity index (χ3n) is 5.52. The Morgan fingerprint density at radius 1 is 0.967 bits per heavy atom. The maximum atomic E-state index is 12.7. The fourth-order valence-corrected chi connectivity index (χ4v) is 4.00. The molecule has 2 heterocycles. The average molecular weight is 404 g/mol. The quantitative estimate of drug-likeness (QED) is 0.724. The molecular weight excluding hydrogens is 380 g/mol. The average Bonchev–Trinajstić information content (AvgIpc) is 3.31. The van der Waals surface area contributed by atoms with E-state index in [9.17, 15) is 14.4 Å². The molecule has 3 aliphatic rings. The van der Waals surface area contributed by atoms with Gasteiger partial charge >= 0.3 is 0 Å². The van der Waals surface area contributed by atoms with Crippen LogP contribution in [-0.4, -0.2) is 67.7 Å². The number of aromatic nitrogens is 1. The van der Waals surface area contributed by atoms with Gasteiger partial charge < -0.3 is 15.2 Å². The van der Waals surface area contributed by atoms with Crippen molar-refractivity contribution in [1.82, 2.24) is 15.2 Å². The predicted molar refractivity (Wildman–Crippen MR) is 116 cm³/mol. The Bertz CT molecular complexity index is 1110. The number of aromatic amines is 1. The van der Waals surface area contributed by atoms with Gasteiger partial charge in [-0.3, -0.25) is 19.4 Å². The van der Waals surface area contributed by atoms with Gasteiger partial charge in [0.15, 0.2) is 11.6 Å². The molecule has 0 amide bonds. The van der Waals surface area contributed by atoms with Gasteiger partial charge in [0.2, 0.25) is 5.78 Å². The van der Waals surface area contributed by atoms with E-state index in [1.54, 1.807) is 18.4 Å². The normalized spacial score (nSPS) is 17.7. The minimum absolute atomic E-state index is 0.0677. The van der Waals surface area contributed by atoms with Gasteiger partial charge in [-0.2, -0.15) is 0 Å². The number of carbonyl (C=O) groups is 3. The minimum atomic E-state index is -0.222. The van der Waals surface area contributed by atoms with Gasteiger partial charge in [0, 0.05) is 18.3 Å². The van der Waals surface area contributed by atoms with Crippen molar-refractivity contribution in [2.75, 3.05) is 34.2 Å². The molecule has 2 aliphatic carbocycles. The molecular formula is C23H24N4O3. The molecule has 1 aromatic rings. The van der Waals surface area contributed by atoms with E-state index in [2.05, 4.69) is 20.2 Å². The van der Waals surface area contributed by atoms with Crippen LogP contribution in [0.15, 0.2) is 46.1 Å². The number of allylic oxidation sites excluding steroid dienone is 6. The fourth-order valence-electron chi connectivity index (χ4n) is 4.00. The third-order valence-corrected chi connectivity index (χ3v) is 5.52. The van der Waals surface area contributed by atoms with Crippen molar-refractivity contribution >= 4 is 29.1 Å². The molecule has 2 N–H and O–H groups in total. The molecule has 4 rings (SSSR count). The van der Waals surface area contributed by atoms with Crippen LogP contribution in [0.3, 0.4) is 0 Å². The van der Waals surface area contributed by atoms with Crippen LogP contribution in [0.2, 0.25) is 0 Å². The first-order chi connectivity index (χ1) is 14.4. The van der Waals surface area contributed by atoms with Crippen molar-refractivity contribution in [2.24, 2.45) is 4.99 Å². The molecule has 1 aromatic heterocycles. The molecule has 7 heteroatoms. The van der Waals surface area contributed by atoms with Gasteiger partial charge in [-0.25, -0.2) is 0 Å². The van der Waals surface area contributed by atoms with Gasteiger partial charge in [-0.05, 0) is 76.0 Å². The van der Waals surface area contributed by atoms with E-state index in [1.165, 1.54) is 12.2 Å². The molecule has 154 valence electrons. The summed E-state index contributed by atoms with van der Waals surface area (Å²) in [6.45, 7) is 1.46. The Morgan fingerprint density at radius 2 is 1.70 bits per heavy atom. The summed E-state index contributed by atoms with van der Waals surface area (Å²) in [6.07, 6.45) is 8.94. The Labute approximate surface area is 174 Å². The predicted octanol–water partition coefficient (Wildman–Crippen LogP) is 1.89. The summed E-state index contributed by atoms with van der Waals surface area (Å²) >= 11 is 0. The monoisotopic (exact) mass is 404 g/mol. The van der Waals surface area contributed by atoms with Crippen molar-refractivity contribution in [3.63, 3.8) is 0 Å². The molecule has 0 radical (unpaired) electrons. The molecule has 0 unspecified atom stereocenters. The van der Waals surface area contributed by atoms with Gasteiger partial charge in [-0.15, -0.1) is 0 Å². The highest BCUT2D eigenvalue weighted by molar-refractivity contribution is 6.23. The van der Waals surface area contributed by atoms with Gasteiger partial charge in [-0.1, -0.05) is 0 Å². The molecule has 1 aliphatic heterocycles. The molecule has 0 aromatic carbocycles. The van der Waals surface area contributed by atoms with Gasteiger partial charge in [0.1, 0.15) is 0 Å². The maximum absolute atomic E-state index is 12.7. The first kappa shape index (κ1) is 20.1. The molecule has 0 spiro atoms. The lowest BCUT2D eigenvalue weighted by Gasteiger charge is -2.15. The SMILES string of the molecule is CNCCc1c(C2=C3N=CC(CCN(C)C)=C3C(=O)C=C2)[nH]c2c1C(=O)C=CC2=O. The molecule has 0 atom stereocenters. The summed E-state index contributed by atoms with van der Waals surface area (Å²) in [5, 5.41) is 3.10. The zero-order valence-corrected chi connectivity index (χ0v) is 17.3. The largest absolute Gasteiger partial charge is 0.351 e. The van der Waals surface area contributed by atoms with Crippen molar-refractivity contribution in [1.29, 1.82) is 0 Å². The number of fused-ring (bicyclic) bond motifs is 2. The van der Waals surface area contributed by atoms with Crippen LogP contribution in [0, 0.1) is 0 Å². The van der Waals surface area contributed by atoms with Crippen molar-refractivity contribution < 1.29 is 14.4 Å². The van der Waals surface area contributed by atoms with E-state index in [-0.39, 0.29) is 17.3 Å². The van der Waals surface area contributed by atoms with E-state index < -0.39 is 0 Å². The molecule has 7 nitrogen and oxygen atoms in total. The number of nitrogens with one attached hydrogen (secondary N) is 2. The van der Waals surface area contributed by atoms with Crippen LogP contribution in [0.4, 0.5) is 0 Å². The Balaban J connectivity index is 1.86. The second-order valence-corrected chi connectivity index (χ2v) is 7.82. The number of likely N-dealkylation sites (N-methyl/N-ethyl adjacent to an activating group) is 1. The lowest BCUT2D eigenvalue weighted by atomic mass is 9.89. The second kappa shape index (κ2) is 7.93. The van der Waals surface area contributed by atoms with E-state index >= 15 is 0 Å². The van der Waals surface area contributed by atoms with Crippen molar-refractivity contribution in [3.8, 4) is 0 Å². The number of aliphatic imine (C=N–C) groups is 1. The number of hydrogen-bond donors (Lipinski definition) is 2. The number of carbonyl (C=O) groups excluding carboxylic acids is 3. The van der Waals surface area contributed by atoms with Crippen molar-refractivity contribution in [3.05, 3.63) is 63.7 Å². The summed E-state index contributed by atoms with van der Waals surface area (Å²) in [5.74, 6) is -0.473. The number of hydrogen-bond acceptors (Lipinski definition) is 6. The van der Waals surface area contributed by atoms with Crippen LogP contribution in [-0.2, 0) is 11.2 Å². The Hall–Kier alpha value is -3.16. The van der Waals surface area contributed by atoms with E-state index in [1.807, 2.05) is 21.1 Å². The summed E-state index contributed by atoms with van der Waals surface area (Å²) in [5.41, 5.74) is 5.05. The topological polar surface area (TPSA) is 94.6 Å². The molecule has 0 saturated heterocycles. The number of nitrogens with zero attached hydrogens (tertiary/aromatic N) is 2. The third kappa shape index (κ3) is 3.36. The minimum Gasteiger partial charge on any atom is -0.351 e. The maximum Gasteiger partial charge on any atom is 0.202 e. The second-order valence-electron chi connectivity index (χ2n) is 7.82. The Morgan fingerprint density at radius 3 is 2.43 bits per heavy atom. The molecule has 30 heavy (non-hydrogen) atoms. The van der Waals surface area contributed by atoms with Gasteiger partial charge in [0.25, 0.3) is 0 Å². The summed E-state index contributed by atoms with van der Waals surface area (Å²) in [6, 6.07) is 0. The first-order valence-electron chi connectivity index (χ1n) is 9.98. The van der Waals surface area contributed by atoms with Crippen LogP contribution < -0.4 is 5.32 Å². The lowest BCUT2D eigenvalue weighted by molar-refractivity contribution is -0.111. The van der Waals surface area contributed by atoms with E-state index in [0.717, 1.165) is 29.7 Å². The first-order valence-corrected chi connectivity index (χ1v) is 9.98. The zero-order chi connectivity index (χ0) is 21.4. The zero-order valence-electron chi connectivity index (χ0n) is 17.3. The van der Waals surface area contributed by atoms with Gasteiger partial charge in [0.05, 0.1) is 28.2 Å². The van der Waals surface area contributed by atoms with Crippen molar-refractivity contribution in [2.45, 2.75) is 12.8 Å². The fraction of sp³-hybridized carbons (Fsp3) is 0.304. The van der Waals surface area contributed by atoms with Crippen LogP contribution in [0.1, 0.15) is 38.5 Å². The highest BCUT2D eigenvalue weighted by Gasteiger charge is 2.33. The highest BCUT2D eigenvalue weighted by atomic mass is 16.1. The van der Waals surface area contributed by atoms with Crippen LogP contribution >= 0.6 is 0 Å².